The highest BCUT2D eigenvalue weighted by Gasteiger charge is 2.48. The van der Waals surface area contributed by atoms with Crippen LogP contribution in [-0.4, -0.2) is 159 Å². The number of nitrogens with one attached hydrogen (secondary N) is 2. The first-order valence-corrected chi connectivity index (χ1v) is 25.1. The SMILES string of the molecule is CC[C@H](C)[C@@H]([C@@H](CC(=O)N1CCC[C@H]1[C@H](OC)[C@@H](C)C(=O)C[C@H](CNCCOCCNC(=O)C(C)CC(=O)O)Cc1ccccc1)OC)N(C)C(=O)[C@@H](CC(=O)[C@@H]1[C@H]2CC[C@H](C2)N1C)C(C)C. The van der Waals surface area contributed by atoms with Gasteiger partial charge in [-0.25, -0.2) is 0 Å². The molecule has 3 N–H and O–H groups in total. The minimum atomic E-state index is -1.02. The molecule has 1 unspecified atom stereocenters. The first-order valence-electron chi connectivity index (χ1n) is 25.1. The fourth-order valence-corrected chi connectivity index (χ4v) is 11.2. The Hall–Kier alpha value is -3.76. The van der Waals surface area contributed by atoms with E-state index in [9.17, 15) is 28.8 Å². The normalized spacial score (nSPS) is 23.0. The number of benzene rings is 1. The summed E-state index contributed by atoms with van der Waals surface area (Å²) in [7, 11) is 7.07. The van der Waals surface area contributed by atoms with Crippen LogP contribution in [0.15, 0.2) is 30.3 Å². The number of nitrogens with zero attached hydrogens (tertiary/aromatic N) is 3. The average Bonchev–Trinajstić information content (AvgIpc) is 4.06. The average molecular weight is 940 g/mol. The van der Waals surface area contributed by atoms with Gasteiger partial charge in [0.2, 0.25) is 17.7 Å². The van der Waals surface area contributed by atoms with Gasteiger partial charge in [0.05, 0.1) is 56.4 Å². The molecule has 15 heteroatoms. The Morgan fingerprint density at radius 3 is 2.21 bits per heavy atom. The number of rotatable bonds is 31. The Morgan fingerprint density at radius 1 is 0.896 bits per heavy atom. The van der Waals surface area contributed by atoms with Gasteiger partial charge in [0, 0.05) is 77.5 Å². The first kappa shape index (κ1) is 55.8. The number of carbonyl (C=O) groups excluding carboxylic acids is 5. The summed E-state index contributed by atoms with van der Waals surface area (Å²) in [6.07, 6.45) is 5.46. The number of Topliss-reactive ketones (excluding diaryl/α,β-unsaturated/α-hetero) is 2. The van der Waals surface area contributed by atoms with Crippen LogP contribution in [0.25, 0.3) is 0 Å². The molecule has 3 amide bonds. The van der Waals surface area contributed by atoms with E-state index in [0.29, 0.717) is 57.5 Å². The van der Waals surface area contributed by atoms with Gasteiger partial charge >= 0.3 is 5.97 Å². The second-order valence-corrected chi connectivity index (χ2v) is 20.3. The van der Waals surface area contributed by atoms with Crippen LogP contribution in [0, 0.1) is 41.4 Å². The number of likely N-dealkylation sites (tertiary alicyclic amines) is 2. The molecule has 4 rings (SSSR count). The lowest BCUT2D eigenvalue weighted by Crippen LogP contribution is -2.54. The molecule has 15 nitrogen and oxygen atoms in total. The highest BCUT2D eigenvalue weighted by molar-refractivity contribution is 5.90. The van der Waals surface area contributed by atoms with Gasteiger partial charge in [-0.1, -0.05) is 78.3 Å². The highest BCUT2D eigenvalue weighted by atomic mass is 16.5. The molecule has 0 radical (unpaired) electrons. The zero-order chi connectivity index (χ0) is 49.4. The van der Waals surface area contributed by atoms with Crippen LogP contribution >= 0.6 is 0 Å². The quantitative estimate of drug-likeness (QED) is 0.0822. The number of carbonyl (C=O) groups is 6. The van der Waals surface area contributed by atoms with Crippen molar-refractivity contribution >= 4 is 35.3 Å². The molecule has 67 heavy (non-hydrogen) atoms. The predicted octanol–water partition coefficient (Wildman–Crippen LogP) is 5.27. The summed E-state index contributed by atoms with van der Waals surface area (Å²) in [6.45, 7) is 14.3. The maximum absolute atomic E-state index is 14.5. The van der Waals surface area contributed by atoms with Gasteiger partial charge < -0.3 is 39.8 Å². The van der Waals surface area contributed by atoms with Crippen LogP contribution in [0.3, 0.4) is 0 Å². The maximum Gasteiger partial charge on any atom is 0.304 e. The molecule has 2 heterocycles. The Bertz CT molecular complexity index is 1750. The molecule has 1 saturated carbocycles. The molecule has 378 valence electrons. The smallest absolute Gasteiger partial charge is 0.304 e. The Kier molecular flexibility index (Phi) is 22.9. The molecule has 2 saturated heterocycles. The second-order valence-electron chi connectivity index (χ2n) is 20.3. The molecular weight excluding hydrogens is 855 g/mol. The standard InChI is InChI=1S/C52H85N5O10/c1-11-34(4)48(56(8)52(64)41(33(2)3)30-44(59)49-39-19-20-40(29-39)55(49)7)45(65-9)31-46(60)57-23-15-18-42(57)50(66-10)36(6)43(58)28-38(27-37-16-13-12-14-17-37)32-53-21-24-67-25-22-54-51(63)35(5)26-47(61)62/h12-14,16-17,33-36,38-42,45,48-50,53H,11,15,18-32H2,1-10H3,(H,54,63)(H,61,62)/t34-,35?,36-,38+,39-,40+,41-,42-,45+,48-,49-,50+/m0/s1. The van der Waals surface area contributed by atoms with E-state index < -0.39 is 42.0 Å². The molecule has 1 aromatic rings. The van der Waals surface area contributed by atoms with Crippen molar-refractivity contribution in [3.05, 3.63) is 35.9 Å². The van der Waals surface area contributed by atoms with Crippen molar-refractivity contribution in [2.75, 3.05) is 67.7 Å². The molecule has 3 aliphatic rings. The number of fused-ring (bicyclic) bond motifs is 2. The Morgan fingerprint density at radius 2 is 1.60 bits per heavy atom. The van der Waals surface area contributed by atoms with Crippen molar-refractivity contribution < 1.29 is 48.1 Å². The van der Waals surface area contributed by atoms with E-state index >= 15 is 0 Å². The Labute approximate surface area is 401 Å². The lowest BCUT2D eigenvalue weighted by Gasteiger charge is -2.41. The van der Waals surface area contributed by atoms with Crippen LogP contribution in [0.2, 0.25) is 0 Å². The third-order valence-corrected chi connectivity index (χ3v) is 15.3. The number of piperidine rings is 1. The lowest BCUT2D eigenvalue weighted by atomic mass is 9.83. The number of aliphatic carboxylic acids is 1. The summed E-state index contributed by atoms with van der Waals surface area (Å²) in [6, 6.07) is 9.71. The van der Waals surface area contributed by atoms with Gasteiger partial charge in [0.25, 0.3) is 0 Å². The fourth-order valence-electron chi connectivity index (χ4n) is 11.2. The molecule has 0 spiro atoms. The van der Waals surface area contributed by atoms with E-state index in [-0.39, 0.29) is 91.5 Å². The molecule has 2 bridgehead atoms. The number of methoxy groups -OCH3 is 2. The van der Waals surface area contributed by atoms with Crippen molar-refractivity contribution in [1.29, 1.82) is 0 Å². The summed E-state index contributed by atoms with van der Waals surface area (Å²) in [5, 5.41) is 15.1. The monoisotopic (exact) mass is 940 g/mol. The van der Waals surface area contributed by atoms with Crippen molar-refractivity contribution in [2.45, 2.75) is 149 Å². The lowest BCUT2D eigenvalue weighted by molar-refractivity contribution is -0.149. The van der Waals surface area contributed by atoms with Gasteiger partial charge in [-0.2, -0.15) is 0 Å². The van der Waals surface area contributed by atoms with Gasteiger partial charge in [-0.15, -0.1) is 0 Å². The minimum absolute atomic E-state index is 0.0119. The number of hydrogen-bond acceptors (Lipinski definition) is 11. The summed E-state index contributed by atoms with van der Waals surface area (Å²) in [5.41, 5.74) is 1.13. The van der Waals surface area contributed by atoms with Gasteiger partial charge in [0.1, 0.15) is 5.78 Å². The van der Waals surface area contributed by atoms with Gasteiger partial charge in [-0.05, 0) is 81.4 Å². The molecule has 0 aromatic heterocycles. The number of carboxylic acid groups (broad SMARTS) is 1. The van der Waals surface area contributed by atoms with E-state index in [0.717, 1.165) is 37.7 Å². The zero-order valence-electron chi connectivity index (χ0n) is 42.4. The van der Waals surface area contributed by atoms with E-state index in [2.05, 4.69) is 48.6 Å². The molecule has 3 fully saturated rings. The fraction of sp³-hybridized carbons (Fsp3) is 0.769. The van der Waals surface area contributed by atoms with E-state index in [1.807, 2.05) is 43.9 Å². The first-order chi connectivity index (χ1) is 31.9. The summed E-state index contributed by atoms with van der Waals surface area (Å²) in [4.78, 5) is 85.9. The van der Waals surface area contributed by atoms with E-state index in [1.165, 1.54) is 0 Å². The number of ether oxygens (including phenoxy) is 3. The van der Waals surface area contributed by atoms with Crippen LogP contribution in [0.1, 0.15) is 111 Å². The molecule has 12 atom stereocenters. The molecule has 2 aliphatic heterocycles. The van der Waals surface area contributed by atoms with Crippen LogP contribution in [0.5, 0.6) is 0 Å². The minimum Gasteiger partial charge on any atom is -0.481 e. The maximum atomic E-state index is 14.5. The van der Waals surface area contributed by atoms with E-state index in [1.54, 1.807) is 33.1 Å². The Balaban J connectivity index is 1.37. The highest BCUT2D eigenvalue weighted by Crippen LogP contribution is 2.42. The van der Waals surface area contributed by atoms with Crippen molar-refractivity contribution in [1.82, 2.24) is 25.3 Å². The second kappa shape index (κ2) is 27.4. The summed E-state index contributed by atoms with van der Waals surface area (Å²) < 4.78 is 17.9. The zero-order valence-corrected chi connectivity index (χ0v) is 42.4. The third-order valence-electron chi connectivity index (χ3n) is 15.3. The van der Waals surface area contributed by atoms with Crippen molar-refractivity contribution in [2.24, 2.45) is 41.4 Å². The topological polar surface area (TPSA) is 184 Å². The number of carboxylic acids is 1. The van der Waals surface area contributed by atoms with Crippen LogP contribution in [0.4, 0.5) is 0 Å². The van der Waals surface area contributed by atoms with Crippen molar-refractivity contribution in [3.8, 4) is 0 Å². The summed E-state index contributed by atoms with van der Waals surface area (Å²) >= 11 is 0. The summed E-state index contributed by atoms with van der Waals surface area (Å²) in [5.74, 6) is -2.56. The van der Waals surface area contributed by atoms with Crippen LogP contribution < -0.4 is 10.6 Å². The third kappa shape index (κ3) is 15.6. The number of amides is 3. The van der Waals surface area contributed by atoms with E-state index in [4.69, 9.17) is 19.3 Å². The molecule has 1 aliphatic carbocycles. The number of likely N-dealkylation sites (N-methyl/N-ethyl adjacent to an activating group) is 2. The van der Waals surface area contributed by atoms with Gasteiger partial charge in [-0.3, -0.25) is 33.7 Å². The predicted molar refractivity (Wildman–Crippen MR) is 258 cm³/mol. The number of ketones is 2. The molecule has 1 aromatic carbocycles. The largest absolute Gasteiger partial charge is 0.481 e. The molecular formula is C52H85N5O10. The number of hydrogen-bond donors (Lipinski definition) is 3. The van der Waals surface area contributed by atoms with Crippen LogP contribution in [-0.2, 0) is 49.4 Å². The van der Waals surface area contributed by atoms with Gasteiger partial charge in [0.15, 0.2) is 5.78 Å². The van der Waals surface area contributed by atoms with Crippen molar-refractivity contribution in [3.63, 3.8) is 0 Å².